The molecule has 1 saturated heterocycles. The molecule has 0 aromatic heterocycles. The van der Waals surface area contributed by atoms with Gasteiger partial charge >= 0.3 is 5.97 Å². The molecule has 1 aliphatic rings. The summed E-state index contributed by atoms with van der Waals surface area (Å²) in [6, 6.07) is 0. The van der Waals surface area contributed by atoms with E-state index in [4.69, 9.17) is 5.11 Å². The van der Waals surface area contributed by atoms with E-state index in [2.05, 4.69) is 17.6 Å². The van der Waals surface area contributed by atoms with Gasteiger partial charge in [-0.15, -0.1) is 0 Å². The first-order valence-corrected chi connectivity index (χ1v) is 9.40. The first kappa shape index (κ1) is 21.4. The molecule has 0 bridgehead atoms. The van der Waals surface area contributed by atoms with Crippen molar-refractivity contribution in [2.24, 2.45) is 0 Å². The molecule has 3 N–H and O–H groups in total. The lowest BCUT2D eigenvalue weighted by Crippen LogP contribution is -2.39. The third-order valence-corrected chi connectivity index (χ3v) is 3.95. The van der Waals surface area contributed by atoms with Gasteiger partial charge in [0.05, 0.1) is 0 Å². The van der Waals surface area contributed by atoms with Crippen molar-refractivity contribution < 1.29 is 9.90 Å². The SMILES string of the molecule is C1CNCCN1.CCCCCCCCCCCCCC(=O)O. The van der Waals surface area contributed by atoms with Crippen molar-refractivity contribution in [2.45, 2.75) is 84.0 Å². The van der Waals surface area contributed by atoms with Crippen molar-refractivity contribution in [3.8, 4) is 0 Å². The van der Waals surface area contributed by atoms with Crippen LogP contribution in [-0.4, -0.2) is 37.3 Å². The van der Waals surface area contributed by atoms with E-state index >= 15 is 0 Å². The van der Waals surface area contributed by atoms with Crippen LogP contribution >= 0.6 is 0 Å². The van der Waals surface area contributed by atoms with E-state index in [1.807, 2.05) is 0 Å². The smallest absolute Gasteiger partial charge is 0.303 e. The molecule has 1 fully saturated rings. The van der Waals surface area contributed by atoms with Gasteiger partial charge in [-0.25, -0.2) is 0 Å². The van der Waals surface area contributed by atoms with Gasteiger partial charge in [-0.05, 0) is 6.42 Å². The molecular weight excluding hydrogens is 276 g/mol. The van der Waals surface area contributed by atoms with Crippen LogP contribution < -0.4 is 10.6 Å². The molecule has 0 aliphatic carbocycles. The highest BCUT2D eigenvalue weighted by atomic mass is 16.4. The molecule has 0 unspecified atom stereocenters. The van der Waals surface area contributed by atoms with Gasteiger partial charge in [0, 0.05) is 32.6 Å². The van der Waals surface area contributed by atoms with Gasteiger partial charge < -0.3 is 15.7 Å². The number of carboxylic acids is 1. The van der Waals surface area contributed by atoms with Crippen LogP contribution in [0.1, 0.15) is 84.0 Å². The molecule has 0 aromatic carbocycles. The highest BCUT2D eigenvalue weighted by molar-refractivity contribution is 5.66. The summed E-state index contributed by atoms with van der Waals surface area (Å²) in [5.74, 6) is -0.657. The number of nitrogens with one attached hydrogen (secondary N) is 2. The Bertz CT molecular complexity index is 220. The number of hydrogen-bond acceptors (Lipinski definition) is 3. The zero-order chi connectivity index (χ0) is 16.3. The van der Waals surface area contributed by atoms with Crippen LogP contribution in [0.3, 0.4) is 0 Å². The molecule has 1 heterocycles. The molecule has 4 nitrogen and oxygen atoms in total. The molecule has 0 atom stereocenters. The quantitative estimate of drug-likeness (QED) is 0.477. The highest BCUT2D eigenvalue weighted by Crippen LogP contribution is 2.11. The standard InChI is InChI=1S/C14H28O2.C4H10N2/c1-2-3-4-5-6-7-8-9-10-11-12-13-14(15)16;1-2-6-4-3-5-1/h2-13H2,1H3,(H,15,16);5-6H,1-4H2. The van der Waals surface area contributed by atoms with Crippen LogP contribution in [-0.2, 0) is 4.79 Å². The average Bonchev–Trinajstić information content (AvgIpc) is 2.54. The normalized spacial score (nSPS) is 14.2. The van der Waals surface area contributed by atoms with Crippen molar-refractivity contribution in [3.63, 3.8) is 0 Å². The Balaban J connectivity index is 0.000000604. The molecule has 0 amide bonds. The maximum atomic E-state index is 10.3. The van der Waals surface area contributed by atoms with Crippen LogP contribution in [0.25, 0.3) is 0 Å². The van der Waals surface area contributed by atoms with Gasteiger partial charge in [-0.2, -0.15) is 0 Å². The summed E-state index contributed by atoms with van der Waals surface area (Å²) in [4.78, 5) is 10.3. The lowest BCUT2D eigenvalue weighted by atomic mass is 10.1. The summed E-state index contributed by atoms with van der Waals surface area (Å²) >= 11 is 0. The number of aliphatic carboxylic acids is 1. The van der Waals surface area contributed by atoms with Gasteiger partial charge in [0.2, 0.25) is 0 Å². The van der Waals surface area contributed by atoms with E-state index in [-0.39, 0.29) is 0 Å². The first-order chi connectivity index (χ1) is 10.8. The zero-order valence-electron chi connectivity index (χ0n) is 14.7. The third-order valence-electron chi connectivity index (χ3n) is 3.95. The molecule has 22 heavy (non-hydrogen) atoms. The van der Waals surface area contributed by atoms with Crippen molar-refractivity contribution in [2.75, 3.05) is 26.2 Å². The van der Waals surface area contributed by atoms with Gasteiger partial charge in [-0.1, -0.05) is 71.1 Å². The second-order valence-electron chi connectivity index (χ2n) is 6.18. The van der Waals surface area contributed by atoms with Crippen LogP contribution in [0.2, 0.25) is 0 Å². The first-order valence-electron chi connectivity index (χ1n) is 9.40. The highest BCUT2D eigenvalue weighted by Gasteiger charge is 1.96. The predicted octanol–water partition coefficient (Wildman–Crippen LogP) is 3.95. The fraction of sp³-hybridized carbons (Fsp3) is 0.944. The second-order valence-corrected chi connectivity index (χ2v) is 6.18. The van der Waals surface area contributed by atoms with Gasteiger partial charge in [0.25, 0.3) is 0 Å². The summed E-state index contributed by atoms with van der Waals surface area (Å²) in [7, 11) is 0. The lowest BCUT2D eigenvalue weighted by molar-refractivity contribution is -0.137. The Hall–Kier alpha value is -0.610. The number of unbranched alkanes of at least 4 members (excludes halogenated alkanes) is 10. The Kier molecular flexibility index (Phi) is 17.9. The fourth-order valence-electron chi connectivity index (χ4n) is 2.54. The molecule has 1 aliphatic heterocycles. The number of hydrogen-bond donors (Lipinski definition) is 3. The van der Waals surface area contributed by atoms with E-state index in [0.29, 0.717) is 6.42 Å². The number of piperazine rings is 1. The minimum Gasteiger partial charge on any atom is -0.481 e. The van der Waals surface area contributed by atoms with E-state index in [9.17, 15) is 4.79 Å². The third kappa shape index (κ3) is 19.4. The van der Waals surface area contributed by atoms with Crippen molar-refractivity contribution in [1.82, 2.24) is 10.6 Å². The predicted molar refractivity (Wildman–Crippen MR) is 94.5 cm³/mol. The average molecular weight is 315 g/mol. The minimum absolute atomic E-state index is 0.344. The Morgan fingerprint density at radius 1 is 0.727 bits per heavy atom. The van der Waals surface area contributed by atoms with Gasteiger partial charge in [0.15, 0.2) is 0 Å². The van der Waals surface area contributed by atoms with E-state index in [0.717, 1.165) is 39.0 Å². The van der Waals surface area contributed by atoms with E-state index in [1.165, 1.54) is 57.8 Å². The molecular formula is C18H38N2O2. The fourth-order valence-corrected chi connectivity index (χ4v) is 2.54. The molecule has 4 heteroatoms. The summed E-state index contributed by atoms with van der Waals surface area (Å²) in [6.07, 6.45) is 14.4. The summed E-state index contributed by atoms with van der Waals surface area (Å²) < 4.78 is 0. The van der Waals surface area contributed by atoms with E-state index in [1.54, 1.807) is 0 Å². The Morgan fingerprint density at radius 3 is 1.41 bits per heavy atom. The topological polar surface area (TPSA) is 61.4 Å². The Morgan fingerprint density at radius 2 is 1.09 bits per heavy atom. The van der Waals surface area contributed by atoms with Crippen LogP contribution in [0, 0.1) is 0 Å². The summed E-state index contributed by atoms with van der Waals surface area (Å²) in [5.41, 5.74) is 0. The molecule has 0 spiro atoms. The van der Waals surface area contributed by atoms with Gasteiger partial charge in [-0.3, -0.25) is 4.79 Å². The lowest BCUT2D eigenvalue weighted by Gasteiger charge is -2.11. The maximum absolute atomic E-state index is 10.3. The van der Waals surface area contributed by atoms with E-state index < -0.39 is 5.97 Å². The van der Waals surface area contributed by atoms with Crippen molar-refractivity contribution in [1.29, 1.82) is 0 Å². The molecule has 1 rings (SSSR count). The van der Waals surface area contributed by atoms with Crippen molar-refractivity contribution >= 4 is 5.97 Å². The minimum atomic E-state index is -0.657. The zero-order valence-corrected chi connectivity index (χ0v) is 14.7. The van der Waals surface area contributed by atoms with Crippen LogP contribution in [0.4, 0.5) is 0 Å². The van der Waals surface area contributed by atoms with Crippen LogP contribution in [0.5, 0.6) is 0 Å². The monoisotopic (exact) mass is 314 g/mol. The number of carboxylic acid groups (broad SMARTS) is 1. The maximum Gasteiger partial charge on any atom is 0.303 e. The second kappa shape index (κ2) is 18.4. The van der Waals surface area contributed by atoms with Gasteiger partial charge in [0.1, 0.15) is 0 Å². The van der Waals surface area contributed by atoms with Crippen molar-refractivity contribution in [3.05, 3.63) is 0 Å². The molecule has 0 saturated carbocycles. The summed E-state index contributed by atoms with van der Waals surface area (Å²) in [5, 5.41) is 14.9. The number of carbonyl (C=O) groups is 1. The summed E-state index contributed by atoms with van der Waals surface area (Å²) in [6.45, 7) is 6.80. The molecule has 132 valence electrons. The number of rotatable bonds is 12. The largest absolute Gasteiger partial charge is 0.481 e. The Labute approximate surface area is 137 Å². The molecule has 0 radical (unpaired) electrons. The van der Waals surface area contributed by atoms with Crippen LogP contribution in [0.15, 0.2) is 0 Å². The molecule has 0 aromatic rings.